The van der Waals surface area contributed by atoms with Crippen LogP contribution in [0.15, 0.2) is 6.07 Å². The summed E-state index contributed by atoms with van der Waals surface area (Å²) in [5, 5.41) is 0. The van der Waals surface area contributed by atoms with E-state index >= 15 is 0 Å². The first-order chi connectivity index (χ1) is 5.82. The zero-order valence-corrected chi connectivity index (χ0v) is 9.32. The minimum absolute atomic E-state index is 0. The van der Waals surface area contributed by atoms with E-state index in [1.807, 2.05) is 13.8 Å². The second kappa shape index (κ2) is 4.40. The summed E-state index contributed by atoms with van der Waals surface area (Å²) in [4.78, 5) is -0.0129. The molecule has 0 atom stereocenters. The van der Waals surface area contributed by atoms with Crippen LogP contribution in [0.1, 0.15) is 29.5 Å². The molecule has 1 rings (SSSR count). The molecule has 0 aliphatic heterocycles. The van der Waals surface area contributed by atoms with Gasteiger partial charge in [0.25, 0.3) is 0 Å². The Bertz CT molecular complexity index is 306. The molecule has 0 amide bonds. The zero-order chi connectivity index (χ0) is 10.2. The van der Waals surface area contributed by atoms with Gasteiger partial charge < -0.3 is 5.73 Å². The largest absolute Gasteiger partial charge is 0.427 e. The predicted molar refractivity (Wildman–Crippen MR) is 55.1 cm³/mol. The average molecular weight is 246 g/mol. The van der Waals surface area contributed by atoms with Crippen LogP contribution in [0.2, 0.25) is 0 Å². The molecular formula is C8H11ClF3NS. The highest BCUT2D eigenvalue weighted by atomic mass is 35.5. The first kappa shape index (κ1) is 13.6. The fraction of sp³-hybridized carbons (Fsp3) is 0.500. The van der Waals surface area contributed by atoms with Crippen LogP contribution in [0.3, 0.4) is 0 Å². The van der Waals surface area contributed by atoms with Crippen LogP contribution in [-0.2, 0) is 6.18 Å². The third-order valence-corrected chi connectivity index (χ3v) is 3.10. The van der Waals surface area contributed by atoms with Gasteiger partial charge in [-0.1, -0.05) is 13.8 Å². The summed E-state index contributed by atoms with van der Waals surface area (Å²) in [5.41, 5.74) is 5.09. The van der Waals surface area contributed by atoms with Crippen molar-refractivity contribution in [3.8, 4) is 0 Å². The fourth-order valence-electron chi connectivity index (χ4n) is 0.931. The first-order valence-electron chi connectivity index (χ1n) is 3.78. The van der Waals surface area contributed by atoms with Crippen molar-refractivity contribution in [2.24, 2.45) is 0 Å². The van der Waals surface area contributed by atoms with Gasteiger partial charge in [0.05, 0.1) is 5.69 Å². The fourth-order valence-corrected chi connectivity index (χ4v) is 1.88. The third kappa shape index (κ3) is 2.78. The molecule has 0 saturated carbocycles. The standard InChI is InChI=1S/C8H10F3NS.ClH/c1-4(2)6-3-5(12)7(13-6)8(9,10)11;/h3-4H,12H2,1-2H3;1H. The summed E-state index contributed by atoms with van der Waals surface area (Å²) in [6, 6.07) is 1.40. The van der Waals surface area contributed by atoms with Gasteiger partial charge in [-0.25, -0.2) is 0 Å². The molecule has 14 heavy (non-hydrogen) atoms. The molecule has 0 aliphatic rings. The first-order valence-corrected chi connectivity index (χ1v) is 4.60. The Labute approximate surface area is 90.5 Å². The van der Waals surface area contributed by atoms with Gasteiger partial charge in [-0.3, -0.25) is 0 Å². The summed E-state index contributed by atoms with van der Waals surface area (Å²) in [5.74, 6) is 0.0865. The minimum Gasteiger partial charge on any atom is -0.398 e. The lowest BCUT2D eigenvalue weighted by molar-refractivity contribution is -0.133. The van der Waals surface area contributed by atoms with E-state index in [9.17, 15) is 13.2 Å². The normalized spacial score (nSPS) is 11.6. The summed E-state index contributed by atoms with van der Waals surface area (Å²) < 4.78 is 36.8. The van der Waals surface area contributed by atoms with Crippen LogP contribution >= 0.6 is 23.7 Å². The number of nitrogens with two attached hydrogens (primary N) is 1. The van der Waals surface area contributed by atoms with Crippen molar-refractivity contribution < 1.29 is 13.2 Å². The van der Waals surface area contributed by atoms with E-state index in [0.29, 0.717) is 4.88 Å². The molecule has 0 fully saturated rings. The Morgan fingerprint density at radius 2 is 1.86 bits per heavy atom. The maximum absolute atomic E-state index is 12.3. The molecule has 0 bridgehead atoms. The van der Waals surface area contributed by atoms with E-state index < -0.39 is 11.1 Å². The van der Waals surface area contributed by atoms with E-state index in [-0.39, 0.29) is 24.0 Å². The van der Waals surface area contributed by atoms with Gasteiger partial charge in [0, 0.05) is 4.88 Å². The lowest BCUT2D eigenvalue weighted by Gasteiger charge is -2.03. The summed E-state index contributed by atoms with van der Waals surface area (Å²) in [6.45, 7) is 3.68. The summed E-state index contributed by atoms with van der Waals surface area (Å²) >= 11 is 0.725. The van der Waals surface area contributed by atoms with E-state index in [1.54, 1.807) is 0 Å². The van der Waals surface area contributed by atoms with Crippen molar-refractivity contribution in [3.63, 3.8) is 0 Å². The molecule has 82 valence electrons. The Morgan fingerprint density at radius 3 is 2.07 bits per heavy atom. The zero-order valence-electron chi connectivity index (χ0n) is 7.68. The molecule has 6 heteroatoms. The Balaban J connectivity index is 0.00000169. The Hall–Kier alpha value is -0.420. The lowest BCUT2D eigenvalue weighted by Crippen LogP contribution is -2.04. The molecule has 0 unspecified atom stereocenters. The summed E-state index contributed by atoms with van der Waals surface area (Å²) in [6.07, 6.45) is -4.32. The second-order valence-corrected chi connectivity index (χ2v) is 4.17. The topological polar surface area (TPSA) is 26.0 Å². The molecular weight excluding hydrogens is 235 g/mol. The van der Waals surface area contributed by atoms with Gasteiger partial charge in [-0.05, 0) is 12.0 Å². The monoisotopic (exact) mass is 245 g/mol. The highest BCUT2D eigenvalue weighted by Crippen LogP contribution is 2.41. The SMILES string of the molecule is CC(C)c1cc(N)c(C(F)(F)F)s1.Cl. The van der Waals surface area contributed by atoms with Crippen molar-refractivity contribution in [1.29, 1.82) is 0 Å². The van der Waals surface area contributed by atoms with Crippen LogP contribution in [-0.4, -0.2) is 0 Å². The number of rotatable bonds is 1. The molecule has 0 saturated heterocycles. The van der Waals surface area contributed by atoms with Gasteiger partial charge in [0.15, 0.2) is 0 Å². The molecule has 1 nitrogen and oxygen atoms in total. The maximum Gasteiger partial charge on any atom is 0.427 e. The van der Waals surface area contributed by atoms with Gasteiger partial charge in [-0.15, -0.1) is 23.7 Å². The van der Waals surface area contributed by atoms with E-state index in [4.69, 9.17) is 5.73 Å². The quantitative estimate of drug-likeness (QED) is 0.798. The van der Waals surface area contributed by atoms with Crippen LogP contribution in [0.4, 0.5) is 18.9 Å². The third-order valence-electron chi connectivity index (χ3n) is 1.61. The number of hydrogen-bond acceptors (Lipinski definition) is 2. The molecule has 0 radical (unpaired) electrons. The van der Waals surface area contributed by atoms with Crippen molar-refractivity contribution in [1.82, 2.24) is 0 Å². The molecule has 0 spiro atoms. The van der Waals surface area contributed by atoms with Crippen molar-refractivity contribution in [2.75, 3.05) is 5.73 Å². The highest BCUT2D eigenvalue weighted by Gasteiger charge is 2.35. The number of thiophene rings is 1. The van der Waals surface area contributed by atoms with Crippen molar-refractivity contribution >= 4 is 29.4 Å². The van der Waals surface area contributed by atoms with Gasteiger partial charge in [0.2, 0.25) is 0 Å². The molecule has 2 N–H and O–H groups in total. The molecule has 1 aromatic rings. The predicted octanol–water partition coefficient (Wildman–Crippen LogP) is 3.89. The van der Waals surface area contributed by atoms with E-state index in [2.05, 4.69) is 0 Å². The van der Waals surface area contributed by atoms with Gasteiger partial charge in [-0.2, -0.15) is 13.2 Å². The molecule has 0 aromatic carbocycles. The molecule has 1 heterocycles. The van der Waals surface area contributed by atoms with Gasteiger partial charge >= 0.3 is 6.18 Å². The van der Waals surface area contributed by atoms with Crippen LogP contribution in [0.25, 0.3) is 0 Å². The van der Waals surface area contributed by atoms with Crippen LogP contribution in [0.5, 0.6) is 0 Å². The molecule has 1 aromatic heterocycles. The van der Waals surface area contributed by atoms with E-state index in [0.717, 1.165) is 11.3 Å². The Morgan fingerprint density at radius 1 is 1.36 bits per heavy atom. The number of nitrogen functional groups attached to an aromatic ring is 1. The average Bonchev–Trinajstić information content (AvgIpc) is 2.29. The summed E-state index contributed by atoms with van der Waals surface area (Å²) in [7, 11) is 0. The van der Waals surface area contributed by atoms with Crippen LogP contribution < -0.4 is 5.73 Å². The van der Waals surface area contributed by atoms with Crippen molar-refractivity contribution in [2.45, 2.75) is 25.9 Å². The highest BCUT2D eigenvalue weighted by molar-refractivity contribution is 7.12. The van der Waals surface area contributed by atoms with Gasteiger partial charge in [0.1, 0.15) is 4.88 Å². The minimum atomic E-state index is -4.32. The number of hydrogen-bond donors (Lipinski definition) is 1. The number of alkyl halides is 3. The maximum atomic E-state index is 12.3. The second-order valence-electron chi connectivity index (χ2n) is 3.09. The lowest BCUT2D eigenvalue weighted by atomic mass is 10.2. The van der Waals surface area contributed by atoms with Crippen molar-refractivity contribution in [3.05, 3.63) is 15.8 Å². The Kier molecular flexibility index (Phi) is 4.27. The molecule has 0 aliphatic carbocycles. The number of halogens is 4. The number of anilines is 1. The smallest absolute Gasteiger partial charge is 0.398 e. The van der Waals surface area contributed by atoms with E-state index in [1.165, 1.54) is 6.07 Å². The van der Waals surface area contributed by atoms with Crippen LogP contribution in [0, 0.1) is 0 Å².